The average molecular weight is 391 g/mol. The van der Waals surface area contributed by atoms with Crippen LogP contribution < -0.4 is 10.6 Å². The smallest absolute Gasteiger partial charge is 0.237 e. The number of carbonyl (C=O) groups is 1. The molecule has 2 fully saturated rings. The Bertz CT molecular complexity index is 465. The molecule has 152 valence electrons. The second-order valence-corrected chi connectivity index (χ2v) is 8.87. The second-order valence-electron chi connectivity index (χ2n) is 7.93. The fraction of sp³-hybridized carbons (Fsp3) is 0.944. The van der Waals surface area contributed by atoms with Crippen molar-refractivity contribution < 1.29 is 24.9 Å². The van der Waals surface area contributed by atoms with Gasteiger partial charge in [0.1, 0.15) is 29.9 Å². The topological polar surface area (TPSA) is 111 Å². The minimum atomic E-state index is -1.30. The van der Waals surface area contributed by atoms with Crippen molar-refractivity contribution in [3.8, 4) is 0 Å². The van der Waals surface area contributed by atoms with Crippen LogP contribution in [0.2, 0.25) is 0 Å². The highest BCUT2D eigenvalue weighted by molar-refractivity contribution is 7.99. The van der Waals surface area contributed by atoms with Crippen molar-refractivity contribution in [1.82, 2.24) is 10.6 Å². The van der Waals surface area contributed by atoms with Gasteiger partial charge in [-0.05, 0) is 43.9 Å². The maximum atomic E-state index is 12.8. The van der Waals surface area contributed by atoms with Gasteiger partial charge in [-0.2, -0.15) is 0 Å². The normalized spacial score (nSPS) is 40.1. The minimum absolute atomic E-state index is 0.00625. The maximum Gasteiger partial charge on any atom is 0.237 e. The lowest BCUT2D eigenvalue weighted by Crippen LogP contribution is -2.64. The molecule has 8 atom stereocenters. The summed E-state index contributed by atoms with van der Waals surface area (Å²) < 4.78 is 5.85. The quantitative estimate of drug-likeness (QED) is 0.452. The van der Waals surface area contributed by atoms with Crippen molar-refractivity contribution in [2.45, 2.75) is 82.0 Å². The Labute approximate surface area is 160 Å². The monoisotopic (exact) mass is 390 g/mol. The first-order valence-electron chi connectivity index (χ1n) is 9.52. The molecule has 2 aliphatic rings. The van der Waals surface area contributed by atoms with E-state index in [9.17, 15) is 20.1 Å². The van der Waals surface area contributed by atoms with E-state index in [4.69, 9.17) is 4.74 Å². The lowest BCUT2D eigenvalue weighted by atomic mass is 9.88. The van der Waals surface area contributed by atoms with E-state index in [1.807, 2.05) is 13.8 Å². The Morgan fingerprint density at radius 1 is 1.15 bits per heavy atom. The van der Waals surface area contributed by atoms with Crippen LogP contribution in [-0.4, -0.2) is 76.0 Å². The molecule has 7 nitrogen and oxygen atoms in total. The van der Waals surface area contributed by atoms with Gasteiger partial charge >= 0.3 is 0 Å². The maximum absolute atomic E-state index is 12.8. The van der Waals surface area contributed by atoms with Crippen molar-refractivity contribution in [3.05, 3.63) is 0 Å². The average Bonchev–Trinajstić information content (AvgIpc) is 2.82. The molecule has 26 heavy (non-hydrogen) atoms. The van der Waals surface area contributed by atoms with Crippen LogP contribution in [0.3, 0.4) is 0 Å². The van der Waals surface area contributed by atoms with Crippen molar-refractivity contribution >= 4 is 17.7 Å². The summed E-state index contributed by atoms with van der Waals surface area (Å²) in [5.74, 6) is 0.492. The number of rotatable bonds is 5. The Morgan fingerprint density at radius 3 is 2.46 bits per heavy atom. The van der Waals surface area contributed by atoms with E-state index in [1.165, 1.54) is 11.8 Å². The van der Waals surface area contributed by atoms with E-state index in [1.54, 1.807) is 6.26 Å². The highest BCUT2D eigenvalue weighted by Gasteiger charge is 2.47. The number of amides is 1. The first-order valence-corrected chi connectivity index (χ1v) is 10.8. The van der Waals surface area contributed by atoms with E-state index in [0.717, 1.165) is 25.8 Å². The summed E-state index contributed by atoms with van der Waals surface area (Å²) in [6, 6.07) is -0.717. The van der Waals surface area contributed by atoms with Crippen molar-refractivity contribution in [2.24, 2.45) is 11.8 Å². The lowest BCUT2D eigenvalue weighted by molar-refractivity contribution is -0.208. The van der Waals surface area contributed by atoms with Gasteiger partial charge in [-0.25, -0.2) is 0 Å². The molecule has 1 amide bonds. The number of carbonyl (C=O) groups excluding carboxylic acids is 1. The molecule has 2 saturated heterocycles. The van der Waals surface area contributed by atoms with Crippen LogP contribution in [0.4, 0.5) is 0 Å². The number of aliphatic hydroxyl groups excluding tert-OH is 3. The van der Waals surface area contributed by atoms with E-state index in [2.05, 4.69) is 17.6 Å². The molecular weight excluding hydrogens is 356 g/mol. The van der Waals surface area contributed by atoms with Crippen LogP contribution in [0, 0.1) is 11.8 Å². The molecular formula is C18H34N2O5S. The Balaban J connectivity index is 2.08. The third-order valence-electron chi connectivity index (χ3n) is 5.51. The van der Waals surface area contributed by atoms with Crippen LogP contribution in [-0.2, 0) is 9.53 Å². The fourth-order valence-corrected chi connectivity index (χ4v) is 4.36. The van der Waals surface area contributed by atoms with Crippen molar-refractivity contribution in [2.75, 3.05) is 12.8 Å². The molecule has 2 aliphatic heterocycles. The summed E-state index contributed by atoms with van der Waals surface area (Å²) in [7, 11) is 0. The first kappa shape index (κ1) is 21.9. The summed E-state index contributed by atoms with van der Waals surface area (Å²) in [6.07, 6.45) is 0.102. The van der Waals surface area contributed by atoms with Gasteiger partial charge in [0.05, 0.1) is 12.1 Å². The van der Waals surface area contributed by atoms with Crippen molar-refractivity contribution in [1.29, 1.82) is 0 Å². The molecule has 2 rings (SSSR count). The Hall–Kier alpha value is -0.380. The summed E-state index contributed by atoms with van der Waals surface area (Å²) in [5, 5.41) is 37.0. The van der Waals surface area contributed by atoms with Crippen LogP contribution >= 0.6 is 11.8 Å². The zero-order valence-electron chi connectivity index (χ0n) is 16.1. The minimum Gasteiger partial charge on any atom is -0.388 e. The zero-order chi connectivity index (χ0) is 19.4. The molecule has 0 radical (unpaired) electrons. The third-order valence-corrected chi connectivity index (χ3v) is 6.37. The van der Waals surface area contributed by atoms with Gasteiger partial charge in [0.25, 0.3) is 0 Å². The van der Waals surface area contributed by atoms with Crippen LogP contribution in [0.1, 0.15) is 40.0 Å². The van der Waals surface area contributed by atoms with Crippen LogP contribution in [0.5, 0.6) is 0 Å². The molecule has 2 heterocycles. The fourth-order valence-electron chi connectivity index (χ4n) is 3.68. The zero-order valence-corrected chi connectivity index (χ0v) is 16.9. The summed E-state index contributed by atoms with van der Waals surface area (Å²) in [5.41, 5.74) is -0.645. The second kappa shape index (κ2) is 9.71. The first-order chi connectivity index (χ1) is 12.3. The summed E-state index contributed by atoms with van der Waals surface area (Å²) in [6.45, 7) is 6.89. The number of aliphatic hydroxyl groups is 3. The predicted octanol–water partition coefficient (Wildman–Crippen LogP) is 0.0760. The number of thioether (sulfide) groups is 1. The molecule has 5 N–H and O–H groups in total. The Morgan fingerprint density at radius 2 is 1.85 bits per heavy atom. The van der Waals surface area contributed by atoms with Gasteiger partial charge in [-0.1, -0.05) is 20.8 Å². The van der Waals surface area contributed by atoms with Crippen LogP contribution in [0.15, 0.2) is 0 Å². The summed E-state index contributed by atoms with van der Waals surface area (Å²) in [4.78, 5) is 12.8. The van der Waals surface area contributed by atoms with E-state index < -0.39 is 35.9 Å². The van der Waals surface area contributed by atoms with Crippen molar-refractivity contribution in [3.63, 3.8) is 0 Å². The molecule has 0 aromatic rings. The van der Waals surface area contributed by atoms with E-state index >= 15 is 0 Å². The number of nitrogens with one attached hydrogen (secondary N) is 2. The van der Waals surface area contributed by atoms with Gasteiger partial charge in [0.15, 0.2) is 0 Å². The highest BCUT2D eigenvalue weighted by Crippen LogP contribution is 2.30. The van der Waals surface area contributed by atoms with Gasteiger partial charge in [0.2, 0.25) is 5.91 Å². The van der Waals surface area contributed by atoms with Gasteiger partial charge in [-0.3, -0.25) is 4.79 Å². The predicted molar refractivity (Wildman–Crippen MR) is 102 cm³/mol. The molecule has 0 spiro atoms. The lowest BCUT2D eigenvalue weighted by Gasteiger charge is -2.44. The number of ether oxygens (including phenoxy) is 1. The number of hydrogen-bond donors (Lipinski definition) is 5. The van der Waals surface area contributed by atoms with Crippen LogP contribution in [0.25, 0.3) is 0 Å². The summed E-state index contributed by atoms with van der Waals surface area (Å²) >= 11 is 1.27. The standard InChI is InChI=1S/C18H34N2O5S/c1-9(2)12(16-14(22)13(21)15(23)18(25-16)26-4)20-17(24)11-6-5-10(3)7-8-19-11/h9-16,18-19,21-23H,5-8H2,1-4H3,(H,20,24)/t10-,11?,12?,13?,14?,15?,16?,18?/m0/s1. The van der Waals surface area contributed by atoms with Gasteiger partial charge < -0.3 is 30.7 Å². The third kappa shape index (κ3) is 5.11. The molecule has 0 aliphatic carbocycles. The molecule has 7 unspecified atom stereocenters. The Kier molecular flexibility index (Phi) is 8.18. The molecule has 0 aromatic heterocycles. The molecule has 0 bridgehead atoms. The van der Waals surface area contributed by atoms with Gasteiger partial charge in [0, 0.05) is 0 Å². The molecule has 8 heteroatoms. The number of hydrogen-bond acceptors (Lipinski definition) is 7. The molecule has 0 saturated carbocycles. The molecule has 0 aromatic carbocycles. The van der Waals surface area contributed by atoms with E-state index in [0.29, 0.717) is 5.92 Å². The largest absolute Gasteiger partial charge is 0.388 e. The highest BCUT2D eigenvalue weighted by atomic mass is 32.2. The van der Waals surface area contributed by atoms with E-state index in [-0.39, 0.29) is 17.9 Å². The SMILES string of the molecule is CSC1OC(C(NC(=O)C2CC[C@H](C)CCN2)C(C)C)C(O)C(O)C1O. The van der Waals surface area contributed by atoms with Gasteiger partial charge in [-0.15, -0.1) is 11.8 Å².